The van der Waals surface area contributed by atoms with Crippen LogP contribution in [0.25, 0.3) is 0 Å². The third-order valence-electron chi connectivity index (χ3n) is 2.31. The van der Waals surface area contributed by atoms with Gasteiger partial charge in [-0.3, -0.25) is 0 Å². The molecule has 1 N–H and O–H groups in total. The fourth-order valence-electron chi connectivity index (χ4n) is 1.40. The van der Waals surface area contributed by atoms with E-state index in [4.69, 9.17) is 5.26 Å². The number of rotatable bonds is 5. The molecule has 0 amide bonds. The Morgan fingerprint density at radius 1 is 1.28 bits per heavy atom. The average molecular weight is 321 g/mol. The van der Waals surface area contributed by atoms with Crippen molar-refractivity contribution in [1.29, 1.82) is 5.26 Å². The van der Waals surface area contributed by atoms with Crippen molar-refractivity contribution < 1.29 is 13.2 Å². The average Bonchev–Trinajstić information content (AvgIpc) is 2.27. The van der Waals surface area contributed by atoms with E-state index in [1.807, 2.05) is 6.07 Å². The van der Waals surface area contributed by atoms with Gasteiger partial charge in [-0.2, -0.15) is 18.4 Å². The smallest absolute Gasteiger partial charge is 0.385 e. The van der Waals surface area contributed by atoms with Crippen molar-refractivity contribution in [3.63, 3.8) is 0 Å². The minimum Gasteiger partial charge on any atom is -0.385 e. The SMILES string of the molecule is N#Cc1ccc(NCCCCC(F)(F)F)cc1Br. The maximum absolute atomic E-state index is 11.9. The monoisotopic (exact) mass is 320 g/mol. The van der Waals surface area contributed by atoms with Crippen LogP contribution in [0.15, 0.2) is 22.7 Å². The van der Waals surface area contributed by atoms with Gasteiger partial charge < -0.3 is 5.32 Å². The minimum atomic E-state index is -4.07. The van der Waals surface area contributed by atoms with Gasteiger partial charge in [0.2, 0.25) is 0 Å². The Kier molecular flexibility index (Phi) is 5.48. The van der Waals surface area contributed by atoms with Crippen LogP contribution in [0, 0.1) is 11.3 Å². The third kappa shape index (κ3) is 5.41. The number of anilines is 1. The zero-order chi connectivity index (χ0) is 13.6. The lowest BCUT2D eigenvalue weighted by atomic mass is 10.2. The summed E-state index contributed by atoms with van der Waals surface area (Å²) < 4.78 is 36.3. The number of nitrogens with one attached hydrogen (secondary N) is 1. The van der Waals surface area contributed by atoms with Gasteiger partial charge in [0.15, 0.2) is 0 Å². The fraction of sp³-hybridized carbons (Fsp3) is 0.417. The van der Waals surface area contributed by atoms with Gasteiger partial charge in [-0.1, -0.05) is 0 Å². The molecule has 0 atom stereocenters. The van der Waals surface area contributed by atoms with E-state index < -0.39 is 12.6 Å². The molecular weight excluding hydrogens is 309 g/mol. The number of hydrogen-bond acceptors (Lipinski definition) is 2. The van der Waals surface area contributed by atoms with Crippen LogP contribution >= 0.6 is 15.9 Å². The van der Waals surface area contributed by atoms with Crippen LogP contribution in [0.3, 0.4) is 0 Å². The molecule has 0 saturated carbocycles. The van der Waals surface area contributed by atoms with E-state index in [0.717, 1.165) is 5.69 Å². The molecule has 98 valence electrons. The quantitative estimate of drug-likeness (QED) is 0.813. The molecule has 0 aliphatic rings. The van der Waals surface area contributed by atoms with Crippen molar-refractivity contribution in [1.82, 2.24) is 0 Å². The first-order valence-electron chi connectivity index (χ1n) is 5.42. The Labute approximate surface area is 112 Å². The Morgan fingerprint density at radius 3 is 2.56 bits per heavy atom. The lowest BCUT2D eigenvalue weighted by Crippen LogP contribution is -2.08. The summed E-state index contributed by atoms with van der Waals surface area (Å²) in [6.07, 6.45) is -4.24. The highest BCUT2D eigenvalue weighted by Crippen LogP contribution is 2.23. The van der Waals surface area contributed by atoms with E-state index in [-0.39, 0.29) is 6.42 Å². The van der Waals surface area contributed by atoms with Crippen molar-refractivity contribution in [2.45, 2.75) is 25.4 Å². The lowest BCUT2D eigenvalue weighted by Gasteiger charge is -2.08. The molecule has 0 aliphatic heterocycles. The van der Waals surface area contributed by atoms with Crippen LogP contribution in [0.1, 0.15) is 24.8 Å². The molecule has 1 aromatic rings. The van der Waals surface area contributed by atoms with Gasteiger partial charge in [-0.05, 0) is 47.0 Å². The number of hydrogen-bond donors (Lipinski definition) is 1. The Bertz CT molecular complexity index is 438. The largest absolute Gasteiger partial charge is 0.389 e. The zero-order valence-electron chi connectivity index (χ0n) is 9.52. The van der Waals surface area contributed by atoms with Crippen molar-refractivity contribution in [2.75, 3.05) is 11.9 Å². The van der Waals surface area contributed by atoms with Gasteiger partial charge in [0, 0.05) is 23.1 Å². The molecule has 0 spiro atoms. The highest BCUT2D eigenvalue weighted by Gasteiger charge is 2.25. The summed E-state index contributed by atoms with van der Waals surface area (Å²) in [6, 6.07) is 7.14. The van der Waals surface area contributed by atoms with Crippen molar-refractivity contribution in [3.05, 3.63) is 28.2 Å². The van der Waals surface area contributed by atoms with E-state index >= 15 is 0 Å². The summed E-state index contributed by atoms with van der Waals surface area (Å²) in [7, 11) is 0. The van der Waals surface area contributed by atoms with Gasteiger partial charge in [0.1, 0.15) is 6.07 Å². The molecule has 0 saturated heterocycles. The van der Waals surface area contributed by atoms with Gasteiger partial charge in [0.05, 0.1) is 5.56 Å². The molecule has 0 bridgehead atoms. The predicted octanol–water partition coefficient (Wildman–Crippen LogP) is 4.47. The normalized spacial score (nSPS) is 11.1. The van der Waals surface area contributed by atoms with Crippen LogP contribution < -0.4 is 5.32 Å². The third-order valence-corrected chi connectivity index (χ3v) is 2.96. The fourth-order valence-corrected chi connectivity index (χ4v) is 1.87. The molecule has 1 rings (SSSR count). The maximum atomic E-state index is 11.9. The second-order valence-electron chi connectivity index (χ2n) is 3.81. The molecule has 2 nitrogen and oxygen atoms in total. The van der Waals surface area contributed by atoms with Crippen molar-refractivity contribution >= 4 is 21.6 Å². The molecule has 0 radical (unpaired) electrons. The van der Waals surface area contributed by atoms with E-state index in [2.05, 4.69) is 21.2 Å². The summed E-state index contributed by atoms with van der Waals surface area (Å²) in [5.41, 5.74) is 1.31. The highest BCUT2D eigenvalue weighted by molar-refractivity contribution is 9.10. The van der Waals surface area contributed by atoms with E-state index in [1.165, 1.54) is 0 Å². The first-order chi connectivity index (χ1) is 8.42. The van der Waals surface area contributed by atoms with Gasteiger partial charge in [-0.15, -0.1) is 0 Å². The topological polar surface area (TPSA) is 35.8 Å². The van der Waals surface area contributed by atoms with Gasteiger partial charge in [0.25, 0.3) is 0 Å². The van der Waals surface area contributed by atoms with Crippen molar-refractivity contribution in [3.8, 4) is 6.07 Å². The van der Waals surface area contributed by atoms with E-state index in [9.17, 15) is 13.2 Å². The number of benzene rings is 1. The van der Waals surface area contributed by atoms with E-state index in [1.54, 1.807) is 18.2 Å². The molecule has 0 aliphatic carbocycles. The molecule has 1 aromatic carbocycles. The van der Waals surface area contributed by atoms with E-state index in [0.29, 0.717) is 23.0 Å². The number of halogens is 4. The summed E-state index contributed by atoms with van der Waals surface area (Å²) in [4.78, 5) is 0. The van der Waals surface area contributed by atoms with Crippen LogP contribution in [0.2, 0.25) is 0 Å². The molecule has 0 aromatic heterocycles. The summed E-state index contributed by atoms with van der Waals surface area (Å²) >= 11 is 3.24. The summed E-state index contributed by atoms with van der Waals surface area (Å²) in [5, 5.41) is 11.7. The van der Waals surface area contributed by atoms with Gasteiger partial charge >= 0.3 is 6.18 Å². The Hall–Kier alpha value is -1.22. The first-order valence-corrected chi connectivity index (χ1v) is 6.22. The predicted molar refractivity (Wildman–Crippen MR) is 67.3 cm³/mol. The summed E-state index contributed by atoms with van der Waals surface area (Å²) in [6.45, 7) is 0.481. The molecular formula is C12H12BrF3N2. The maximum Gasteiger partial charge on any atom is 0.389 e. The van der Waals surface area contributed by atoms with Crippen LogP contribution in [0.5, 0.6) is 0 Å². The van der Waals surface area contributed by atoms with Crippen LogP contribution in [0.4, 0.5) is 18.9 Å². The minimum absolute atomic E-state index is 0.119. The number of nitriles is 1. The number of nitrogens with zero attached hydrogens (tertiary/aromatic N) is 1. The Morgan fingerprint density at radius 2 is 2.00 bits per heavy atom. The second-order valence-corrected chi connectivity index (χ2v) is 4.66. The molecule has 18 heavy (non-hydrogen) atoms. The van der Waals surface area contributed by atoms with Gasteiger partial charge in [-0.25, -0.2) is 0 Å². The number of unbranched alkanes of at least 4 members (excludes halogenated alkanes) is 1. The molecule has 0 unspecified atom stereocenters. The van der Waals surface area contributed by atoms with Crippen LogP contribution in [-0.4, -0.2) is 12.7 Å². The molecule has 6 heteroatoms. The lowest BCUT2D eigenvalue weighted by molar-refractivity contribution is -0.135. The summed E-state index contributed by atoms with van der Waals surface area (Å²) in [5.74, 6) is 0. The van der Waals surface area contributed by atoms with Crippen molar-refractivity contribution in [2.24, 2.45) is 0 Å². The number of alkyl halides is 3. The zero-order valence-corrected chi connectivity index (χ0v) is 11.1. The second kappa shape index (κ2) is 6.64. The highest BCUT2D eigenvalue weighted by atomic mass is 79.9. The first kappa shape index (κ1) is 14.8. The Balaban J connectivity index is 2.32. The van der Waals surface area contributed by atoms with Crippen LogP contribution in [-0.2, 0) is 0 Å². The standard InChI is InChI=1S/C12H12BrF3N2/c13-11-7-10(4-3-9(11)8-17)18-6-2-1-5-12(14,15)16/h3-4,7,18H,1-2,5-6H2. The molecule has 0 heterocycles. The molecule has 0 fully saturated rings.